The summed E-state index contributed by atoms with van der Waals surface area (Å²) in [6.07, 6.45) is 0.735. The number of rotatable bonds is 7. The van der Waals surface area contributed by atoms with Crippen LogP contribution in [-0.2, 0) is 20.7 Å². The van der Waals surface area contributed by atoms with Crippen molar-refractivity contribution in [2.45, 2.75) is 32.4 Å². The molecule has 7 nitrogen and oxygen atoms in total. The summed E-state index contributed by atoms with van der Waals surface area (Å²) in [5.41, 5.74) is 2.24. The first-order valence-corrected chi connectivity index (χ1v) is 10.7. The number of likely N-dealkylation sites (tertiary alicyclic amines) is 1. The number of Topliss-reactive ketones (excluding diaryl/α,β-unsaturated/α-hetero) is 1. The first kappa shape index (κ1) is 21.9. The zero-order chi connectivity index (χ0) is 22.8. The summed E-state index contributed by atoms with van der Waals surface area (Å²) >= 11 is 0. The number of amides is 1. The maximum Gasteiger partial charge on any atom is 0.295 e. The molecule has 0 spiro atoms. The van der Waals surface area contributed by atoms with E-state index in [-0.39, 0.29) is 30.6 Å². The quantitative estimate of drug-likeness (QED) is 0.406. The van der Waals surface area contributed by atoms with Gasteiger partial charge in [-0.15, -0.1) is 0 Å². The molecule has 168 valence electrons. The summed E-state index contributed by atoms with van der Waals surface area (Å²) in [5, 5.41) is 11.2. The molecule has 2 heterocycles. The predicted octanol–water partition coefficient (Wildman–Crippen LogP) is 3.48. The van der Waals surface area contributed by atoms with E-state index < -0.39 is 17.7 Å². The first-order valence-electron chi connectivity index (χ1n) is 10.7. The Morgan fingerprint density at radius 1 is 1.19 bits per heavy atom. The molecule has 1 atom stereocenters. The number of aliphatic hydroxyl groups is 1. The van der Waals surface area contributed by atoms with Crippen molar-refractivity contribution in [3.8, 4) is 11.5 Å². The lowest BCUT2D eigenvalue weighted by molar-refractivity contribution is -0.140. The van der Waals surface area contributed by atoms with Crippen molar-refractivity contribution in [1.82, 2.24) is 4.90 Å². The van der Waals surface area contributed by atoms with Crippen molar-refractivity contribution >= 4 is 17.4 Å². The summed E-state index contributed by atoms with van der Waals surface area (Å²) in [6, 6.07) is 11.7. The van der Waals surface area contributed by atoms with Gasteiger partial charge in [0.05, 0.1) is 38.0 Å². The van der Waals surface area contributed by atoms with Crippen molar-refractivity contribution < 1.29 is 28.9 Å². The van der Waals surface area contributed by atoms with Gasteiger partial charge in [0.2, 0.25) is 0 Å². The fourth-order valence-corrected chi connectivity index (χ4v) is 4.12. The summed E-state index contributed by atoms with van der Waals surface area (Å²) in [7, 11) is 1.57. The largest absolute Gasteiger partial charge is 0.507 e. The topological polar surface area (TPSA) is 85.3 Å². The molecular formula is C25H27NO6. The van der Waals surface area contributed by atoms with Crippen LogP contribution in [0.3, 0.4) is 0 Å². The molecule has 0 aromatic heterocycles. The van der Waals surface area contributed by atoms with Crippen molar-refractivity contribution in [2.75, 3.05) is 26.9 Å². The monoisotopic (exact) mass is 437 g/mol. The molecule has 7 heteroatoms. The van der Waals surface area contributed by atoms with Gasteiger partial charge in [0, 0.05) is 18.5 Å². The van der Waals surface area contributed by atoms with Crippen LogP contribution in [0, 0.1) is 0 Å². The Morgan fingerprint density at radius 3 is 2.62 bits per heavy atom. The summed E-state index contributed by atoms with van der Waals surface area (Å²) in [6.45, 7) is 4.92. The maximum atomic E-state index is 13.1. The number of hydrogen-bond acceptors (Lipinski definition) is 6. The second-order valence-corrected chi connectivity index (χ2v) is 8.11. The SMILES string of the molecule is COc1ccc(C2/C(=C(/O)c3ccc4c(c3)CCO4)C(=O)C(=O)N2CCOC(C)C)cc1. The third-order valence-corrected chi connectivity index (χ3v) is 5.72. The highest BCUT2D eigenvalue weighted by atomic mass is 16.5. The minimum atomic E-state index is -0.721. The van der Waals surface area contributed by atoms with E-state index in [9.17, 15) is 14.7 Å². The molecule has 2 aromatic rings. The van der Waals surface area contributed by atoms with E-state index in [2.05, 4.69) is 0 Å². The third kappa shape index (κ3) is 4.08. The van der Waals surface area contributed by atoms with Gasteiger partial charge in [-0.2, -0.15) is 0 Å². The normalized spacial score (nSPS) is 19.4. The van der Waals surface area contributed by atoms with Gasteiger partial charge < -0.3 is 24.2 Å². The van der Waals surface area contributed by atoms with Crippen LogP contribution >= 0.6 is 0 Å². The highest BCUT2D eigenvalue weighted by Crippen LogP contribution is 2.40. The van der Waals surface area contributed by atoms with Crippen LogP contribution in [0.5, 0.6) is 11.5 Å². The minimum absolute atomic E-state index is 0.000101. The second kappa shape index (κ2) is 9.04. The molecule has 2 aromatic carbocycles. The zero-order valence-corrected chi connectivity index (χ0v) is 18.5. The number of hydrogen-bond donors (Lipinski definition) is 1. The van der Waals surface area contributed by atoms with E-state index in [1.165, 1.54) is 4.90 Å². The Balaban J connectivity index is 1.77. The van der Waals surface area contributed by atoms with E-state index >= 15 is 0 Å². The molecule has 32 heavy (non-hydrogen) atoms. The average Bonchev–Trinajstić information content (AvgIpc) is 3.36. The van der Waals surface area contributed by atoms with E-state index in [4.69, 9.17) is 14.2 Å². The Morgan fingerprint density at radius 2 is 1.94 bits per heavy atom. The fraction of sp³-hybridized carbons (Fsp3) is 0.360. The van der Waals surface area contributed by atoms with Crippen LogP contribution in [0.2, 0.25) is 0 Å². The Labute approximate surface area is 187 Å². The molecule has 0 aliphatic carbocycles. The predicted molar refractivity (Wildman–Crippen MR) is 119 cm³/mol. The van der Waals surface area contributed by atoms with Crippen molar-refractivity contribution in [2.24, 2.45) is 0 Å². The molecule has 0 radical (unpaired) electrons. The van der Waals surface area contributed by atoms with Crippen molar-refractivity contribution in [3.63, 3.8) is 0 Å². The molecule has 1 unspecified atom stereocenters. The number of ketones is 1. The van der Waals surface area contributed by atoms with Gasteiger partial charge in [-0.1, -0.05) is 12.1 Å². The van der Waals surface area contributed by atoms with Gasteiger partial charge in [0.15, 0.2) is 0 Å². The van der Waals surface area contributed by atoms with Gasteiger partial charge in [-0.05, 0) is 55.3 Å². The van der Waals surface area contributed by atoms with Crippen LogP contribution < -0.4 is 9.47 Å². The molecule has 1 amide bonds. The molecule has 2 aliphatic heterocycles. The number of aliphatic hydroxyl groups excluding tert-OH is 1. The van der Waals surface area contributed by atoms with Gasteiger partial charge in [-0.25, -0.2) is 0 Å². The van der Waals surface area contributed by atoms with Crippen LogP contribution in [0.1, 0.15) is 36.6 Å². The molecule has 2 aliphatic rings. The number of nitrogens with zero attached hydrogens (tertiary/aromatic N) is 1. The van der Waals surface area contributed by atoms with Crippen molar-refractivity contribution in [3.05, 3.63) is 64.7 Å². The lowest BCUT2D eigenvalue weighted by atomic mass is 9.94. The van der Waals surface area contributed by atoms with E-state index in [0.717, 1.165) is 17.7 Å². The first-order chi connectivity index (χ1) is 15.4. The van der Waals surface area contributed by atoms with E-state index in [0.29, 0.717) is 23.5 Å². The highest BCUT2D eigenvalue weighted by Gasteiger charge is 2.46. The van der Waals surface area contributed by atoms with E-state index in [1.807, 2.05) is 19.9 Å². The Kier molecular flexibility index (Phi) is 6.19. The lowest BCUT2D eigenvalue weighted by Crippen LogP contribution is -2.33. The summed E-state index contributed by atoms with van der Waals surface area (Å²) in [5.74, 6) is -0.105. The summed E-state index contributed by atoms with van der Waals surface area (Å²) in [4.78, 5) is 27.5. The number of methoxy groups -OCH3 is 1. The minimum Gasteiger partial charge on any atom is -0.507 e. The standard InChI is InChI=1S/C25H27NO6/c1-15(2)31-13-11-26-22(16-4-7-19(30-3)8-5-16)21(24(28)25(26)29)23(27)18-6-9-20-17(14-18)10-12-32-20/h4-9,14-15,22,27H,10-13H2,1-3H3/b23-21-. The molecule has 1 saturated heterocycles. The number of fused-ring (bicyclic) bond motifs is 1. The van der Waals surface area contributed by atoms with E-state index in [1.54, 1.807) is 43.5 Å². The number of benzene rings is 2. The molecule has 0 saturated carbocycles. The fourth-order valence-electron chi connectivity index (χ4n) is 4.12. The molecule has 0 bridgehead atoms. The second-order valence-electron chi connectivity index (χ2n) is 8.11. The Hall–Kier alpha value is -3.32. The highest BCUT2D eigenvalue weighted by molar-refractivity contribution is 6.46. The third-order valence-electron chi connectivity index (χ3n) is 5.72. The Bertz CT molecular complexity index is 1060. The molecule has 1 fully saturated rings. The lowest BCUT2D eigenvalue weighted by Gasteiger charge is -2.25. The van der Waals surface area contributed by atoms with Gasteiger partial charge >= 0.3 is 0 Å². The van der Waals surface area contributed by atoms with Crippen LogP contribution in [0.25, 0.3) is 5.76 Å². The molecule has 1 N–H and O–H groups in total. The van der Waals surface area contributed by atoms with Crippen LogP contribution in [0.15, 0.2) is 48.0 Å². The smallest absolute Gasteiger partial charge is 0.295 e. The summed E-state index contributed by atoms with van der Waals surface area (Å²) < 4.78 is 16.4. The van der Waals surface area contributed by atoms with Gasteiger partial charge in [0.1, 0.15) is 17.3 Å². The number of ether oxygens (including phenoxy) is 3. The average molecular weight is 437 g/mol. The number of carbonyl (C=O) groups is 2. The molecule has 4 rings (SSSR count). The van der Waals surface area contributed by atoms with Crippen molar-refractivity contribution in [1.29, 1.82) is 0 Å². The maximum absolute atomic E-state index is 13.1. The van der Waals surface area contributed by atoms with Crippen LogP contribution in [0.4, 0.5) is 0 Å². The molecular weight excluding hydrogens is 410 g/mol. The van der Waals surface area contributed by atoms with Gasteiger partial charge in [0.25, 0.3) is 11.7 Å². The van der Waals surface area contributed by atoms with Crippen LogP contribution in [-0.4, -0.2) is 54.7 Å². The number of carbonyl (C=O) groups excluding carboxylic acids is 2. The zero-order valence-electron chi connectivity index (χ0n) is 18.5. The van der Waals surface area contributed by atoms with Gasteiger partial charge in [-0.3, -0.25) is 9.59 Å².